The first-order valence-electron chi connectivity index (χ1n) is 6.35. The third kappa shape index (κ3) is 3.62. The molecule has 0 aliphatic rings. The summed E-state index contributed by atoms with van der Waals surface area (Å²) in [6.45, 7) is 8.42. The molecule has 5 heteroatoms. The molecule has 100 valence electrons. The Morgan fingerprint density at radius 3 is 2.33 bits per heavy atom. The summed E-state index contributed by atoms with van der Waals surface area (Å²) in [7, 11) is -1.05. The van der Waals surface area contributed by atoms with Gasteiger partial charge in [-0.15, -0.1) is 0 Å². The maximum Gasteiger partial charge on any atom is 0.161 e. The molecule has 0 heterocycles. The largest absolute Gasteiger partial charge is 0.400 e. The smallest absolute Gasteiger partial charge is 0.161 e. The van der Waals surface area contributed by atoms with Gasteiger partial charge in [-0.1, -0.05) is 45.1 Å². The number of aldehydes is 1. The molecule has 0 saturated carbocycles. The fourth-order valence-corrected chi connectivity index (χ4v) is 3.74. The molecule has 0 fully saturated rings. The molecule has 0 bridgehead atoms. The van der Waals surface area contributed by atoms with Crippen LogP contribution in [0.4, 0.5) is 0 Å². The molecule has 1 rings (SSSR count). The van der Waals surface area contributed by atoms with E-state index in [1.54, 1.807) is 0 Å². The minimum absolute atomic E-state index is 0.187. The second-order valence-electron chi connectivity index (χ2n) is 4.71. The van der Waals surface area contributed by atoms with Crippen LogP contribution in [-0.2, 0) is 14.3 Å². The van der Waals surface area contributed by atoms with Gasteiger partial charge in [0, 0.05) is 11.0 Å². The van der Waals surface area contributed by atoms with E-state index in [4.69, 9.17) is 8.85 Å². The predicted molar refractivity (Wildman–Crippen MR) is 79.6 cm³/mol. The van der Waals surface area contributed by atoms with E-state index < -0.39 is 19.5 Å². The van der Waals surface area contributed by atoms with E-state index in [-0.39, 0.29) is 11.7 Å². The van der Waals surface area contributed by atoms with Crippen LogP contribution in [0.5, 0.6) is 0 Å². The van der Waals surface area contributed by atoms with Crippen molar-refractivity contribution in [3.05, 3.63) is 35.4 Å². The number of benzene rings is 1. The maximum atomic E-state index is 10.9. The minimum Gasteiger partial charge on any atom is -0.400 e. The van der Waals surface area contributed by atoms with Gasteiger partial charge >= 0.3 is 0 Å². The molecule has 1 aromatic carbocycles. The number of rotatable bonds is 7. The number of carbonyl (C=O) groups is 1. The van der Waals surface area contributed by atoms with Crippen molar-refractivity contribution in [3.8, 4) is 0 Å². The van der Waals surface area contributed by atoms with E-state index in [9.17, 15) is 4.79 Å². The van der Waals surface area contributed by atoms with E-state index in [0.717, 1.165) is 11.8 Å². The molecule has 0 N–H and O–H groups in total. The Labute approximate surface area is 114 Å². The molecule has 18 heavy (non-hydrogen) atoms. The van der Waals surface area contributed by atoms with Gasteiger partial charge in [0.05, 0.1) is 0 Å². The fourth-order valence-electron chi connectivity index (χ4n) is 1.92. The Hall–Kier alpha value is -0.756. The Bertz CT molecular complexity index is 388. The molecule has 0 saturated heterocycles. The average molecular weight is 282 g/mol. The van der Waals surface area contributed by atoms with Gasteiger partial charge in [-0.05, 0) is 11.6 Å². The third-order valence-corrected chi connectivity index (χ3v) is 4.26. The van der Waals surface area contributed by atoms with Crippen LogP contribution in [0.15, 0.2) is 24.3 Å². The lowest BCUT2D eigenvalue weighted by atomic mass is 9.83. The molecular weight excluding hydrogens is 260 g/mol. The lowest BCUT2D eigenvalue weighted by Gasteiger charge is -2.35. The molecule has 1 aromatic rings. The van der Waals surface area contributed by atoms with Crippen molar-refractivity contribution in [3.63, 3.8) is 0 Å². The highest BCUT2D eigenvalue weighted by Gasteiger charge is 2.32. The molecule has 0 radical (unpaired) electrons. The van der Waals surface area contributed by atoms with E-state index in [1.165, 1.54) is 0 Å². The highest BCUT2D eigenvalue weighted by molar-refractivity contribution is 6.26. The number of hydrogen-bond donors (Lipinski definition) is 0. The van der Waals surface area contributed by atoms with Crippen molar-refractivity contribution >= 4 is 25.8 Å². The quantitative estimate of drug-likeness (QED) is 0.431. The lowest BCUT2D eigenvalue weighted by molar-refractivity contribution is -0.0433. The molecule has 0 aliphatic carbocycles. The zero-order chi connectivity index (χ0) is 13.6. The van der Waals surface area contributed by atoms with Crippen LogP contribution in [0, 0.1) is 0 Å². The van der Waals surface area contributed by atoms with Gasteiger partial charge in [-0.25, -0.2) is 0 Å². The van der Waals surface area contributed by atoms with Gasteiger partial charge in [-0.3, -0.25) is 4.79 Å². The number of hydrogen-bond acceptors (Lipinski definition) is 3. The summed E-state index contributed by atoms with van der Waals surface area (Å²) in [6.07, 6.45) is 0.687. The zero-order valence-corrected chi connectivity index (χ0v) is 14.4. The van der Waals surface area contributed by atoms with Gasteiger partial charge in [0.1, 0.15) is 12.6 Å². The summed E-state index contributed by atoms with van der Waals surface area (Å²) >= 11 is 0. The maximum absolute atomic E-state index is 10.9. The summed E-state index contributed by atoms with van der Waals surface area (Å²) in [5, 5.41) is 0. The topological polar surface area (TPSA) is 35.5 Å². The van der Waals surface area contributed by atoms with Gasteiger partial charge in [-0.2, -0.15) is 0 Å². The zero-order valence-electron chi connectivity index (χ0n) is 11.6. The minimum atomic E-state index is -0.526. The van der Waals surface area contributed by atoms with Crippen LogP contribution < -0.4 is 0 Å². The Kier molecular flexibility index (Phi) is 5.94. The van der Waals surface area contributed by atoms with Crippen LogP contribution in [0.25, 0.3) is 0 Å². The van der Waals surface area contributed by atoms with Gasteiger partial charge in [0.15, 0.2) is 19.5 Å². The van der Waals surface area contributed by atoms with Crippen molar-refractivity contribution in [1.82, 2.24) is 0 Å². The van der Waals surface area contributed by atoms with Crippen LogP contribution in [0.1, 0.15) is 29.8 Å². The average Bonchev–Trinajstić information content (AvgIpc) is 2.38. The van der Waals surface area contributed by atoms with Crippen LogP contribution in [0.3, 0.4) is 0 Å². The van der Waals surface area contributed by atoms with Gasteiger partial charge in [0.2, 0.25) is 0 Å². The standard InChI is InChI=1S/C13H22O3Si2/c1-13(2,12(15-17-3)16-18-4)11-7-5-6-10(8-11)9-14/h5-9,12H,17-18H2,1-4H3. The van der Waals surface area contributed by atoms with Crippen molar-refractivity contribution in [2.75, 3.05) is 0 Å². The Balaban J connectivity index is 3.03. The second kappa shape index (κ2) is 6.99. The lowest BCUT2D eigenvalue weighted by Crippen LogP contribution is -2.39. The fraction of sp³-hybridized carbons (Fsp3) is 0.462. The van der Waals surface area contributed by atoms with E-state index in [0.29, 0.717) is 5.56 Å². The molecule has 0 spiro atoms. The molecular formula is C13H22O3Si2. The molecule has 3 nitrogen and oxygen atoms in total. The summed E-state index contributed by atoms with van der Waals surface area (Å²) in [4.78, 5) is 10.9. The van der Waals surface area contributed by atoms with Crippen molar-refractivity contribution in [1.29, 1.82) is 0 Å². The highest BCUT2D eigenvalue weighted by Crippen LogP contribution is 2.30. The summed E-state index contributed by atoms with van der Waals surface area (Å²) in [6, 6.07) is 7.67. The van der Waals surface area contributed by atoms with Crippen LogP contribution >= 0.6 is 0 Å². The first-order valence-corrected chi connectivity index (χ1v) is 10.3. The highest BCUT2D eigenvalue weighted by atomic mass is 28.2. The van der Waals surface area contributed by atoms with Crippen LogP contribution in [0.2, 0.25) is 13.1 Å². The number of carbonyl (C=O) groups excluding carboxylic acids is 1. The SMILES string of the molecule is C[SiH2]OC(O[SiH2]C)C(C)(C)c1cccc(C=O)c1. The normalized spacial score (nSPS) is 14.7. The monoisotopic (exact) mass is 282 g/mol. The summed E-state index contributed by atoms with van der Waals surface area (Å²) in [5.41, 5.74) is 1.55. The van der Waals surface area contributed by atoms with Crippen molar-refractivity contribution < 1.29 is 13.6 Å². The Morgan fingerprint density at radius 2 is 1.83 bits per heavy atom. The molecule has 0 amide bonds. The van der Waals surface area contributed by atoms with Crippen LogP contribution in [-0.4, -0.2) is 32.1 Å². The molecule has 0 atom stereocenters. The van der Waals surface area contributed by atoms with Gasteiger partial charge < -0.3 is 8.85 Å². The summed E-state index contributed by atoms with van der Waals surface area (Å²) in [5.74, 6) is 0. The summed E-state index contributed by atoms with van der Waals surface area (Å²) < 4.78 is 11.7. The van der Waals surface area contributed by atoms with Crippen molar-refractivity contribution in [2.24, 2.45) is 0 Å². The van der Waals surface area contributed by atoms with E-state index in [1.807, 2.05) is 24.3 Å². The van der Waals surface area contributed by atoms with E-state index in [2.05, 4.69) is 26.9 Å². The first-order chi connectivity index (χ1) is 8.56. The molecule has 0 aromatic heterocycles. The van der Waals surface area contributed by atoms with Gasteiger partial charge in [0.25, 0.3) is 0 Å². The molecule has 0 unspecified atom stereocenters. The van der Waals surface area contributed by atoms with Crippen molar-refractivity contribution in [2.45, 2.75) is 38.6 Å². The second-order valence-corrected chi connectivity index (χ2v) is 6.53. The molecule has 0 aliphatic heterocycles. The first kappa shape index (κ1) is 15.3. The van der Waals surface area contributed by atoms with E-state index >= 15 is 0 Å². The Morgan fingerprint density at radius 1 is 1.22 bits per heavy atom. The third-order valence-electron chi connectivity index (χ3n) is 2.99. The predicted octanol–water partition coefficient (Wildman–Crippen LogP) is 1.40.